The highest BCUT2D eigenvalue weighted by Gasteiger charge is 2.11. The lowest BCUT2D eigenvalue weighted by molar-refractivity contribution is 0.844. The van der Waals surface area contributed by atoms with E-state index in [9.17, 15) is 4.79 Å². The van der Waals surface area contributed by atoms with Gasteiger partial charge in [-0.25, -0.2) is 9.67 Å². The first-order chi connectivity index (χ1) is 14.2. The zero-order valence-corrected chi connectivity index (χ0v) is 16.5. The van der Waals surface area contributed by atoms with E-state index >= 15 is 0 Å². The van der Waals surface area contributed by atoms with Gasteiger partial charge in [0.1, 0.15) is 11.2 Å². The molecule has 0 atom stereocenters. The van der Waals surface area contributed by atoms with Crippen molar-refractivity contribution in [2.75, 3.05) is 23.3 Å². The van der Waals surface area contributed by atoms with Crippen LogP contribution in [0.25, 0.3) is 16.7 Å². The molecule has 0 radical (unpaired) electrons. The van der Waals surface area contributed by atoms with Crippen LogP contribution in [-0.2, 0) is 6.54 Å². The summed E-state index contributed by atoms with van der Waals surface area (Å²) in [6, 6.07) is 13.7. The normalized spacial score (nSPS) is 11.0. The lowest BCUT2D eigenvalue weighted by Crippen LogP contribution is -2.22. The van der Waals surface area contributed by atoms with Crippen molar-refractivity contribution in [1.29, 1.82) is 0 Å². The average Bonchev–Trinajstić information content (AvgIpc) is 3.19. The van der Waals surface area contributed by atoms with Crippen LogP contribution in [0.4, 0.5) is 11.8 Å². The van der Waals surface area contributed by atoms with Crippen molar-refractivity contribution in [3.8, 4) is 5.69 Å². The van der Waals surface area contributed by atoms with Crippen LogP contribution >= 0.6 is 0 Å². The molecule has 0 unspecified atom stereocenters. The molecule has 0 aliphatic carbocycles. The third kappa shape index (κ3) is 3.82. The smallest absolute Gasteiger partial charge is 0.263 e. The molecule has 3 aromatic heterocycles. The van der Waals surface area contributed by atoms with E-state index in [0.29, 0.717) is 23.5 Å². The number of hydrogen-bond donors (Lipinski definition) is 2. The van der Waals surface area contributed by atoms with Crippen molar-refractivity contribution < 1.29 is 0 Å². The SMILES string of the molecule is CCN(CC)c1ccc(CNc2nc3c(cnn3-c3ccccc3)c(=O)[nH]2)cn1. The zero-order valence-electron chi connectivity index (χ0n) is 16.5. The van der Waals surface area contributed by atoms with Gasteiger partial charge in [-0.1, -0.05) is 24.3 Å². The van der Waals surface area contributed by atoms with Crippen molar-refractivity contribution in [2.24, 2.45) is 0 Å². The molecule has 148 valence electrons. The van der Waals surface area contributed by atoms with E-state index in [1.54, 1.807) is 4.68 Å². The van der Waals surface area contributed by atoms with Gasteiger partial charge in [0.15, 0.2) is 5.65 Å². The molecule has 1 aromatic carbocycles. The van der Waals surface area contributed by atoms with Gasteiger partial charge in [0, 0.05) is 25.8 Å². The molecule has 29 heavy (non-hydrogen) atoms. The van der Waals surface area contributed by atoms with Gasteiger partial charge in [-0.3, -0.25) is 9.78 Å². The summed E-state index contributed by atoms with van der Waals surface area (Å²) < 4.78 is 1.66. The minimum Gasteiger partial charge on any atom is -0.357 e. The molecule has 3 heterocycles. The van der Waals surface area contributed by atoms with E-state index in [0.717, 1.165) is 30.2 Å². The fourth-order valence-corrected chi connectivity index (χ4v) is 3.20. The molecule has 0 spiro atoms. The lowest BCUT2D eigenvalue weighted by Gasteiger charge is -2.19. The van der Waals surface area contributed by atoms with Crippen molar-refractivity contribution in [2.45, 2.75) is 20.4 Å². The third-order valence-electron chi connectivity index (χ3n) is 4.80. The first-order valence-corrected chi connectivity index (χ1v) is 9.66. The topological polar surface area (TPSA) is 91.7 Å². The molecule has 0 aliphatic rings. The van der Waals surface area contributed by atoms with Crippen LogP contribution in [0.5, 0.6) is 0 Å². The second-order valence-electron chi connectivity index (χ2n) is 6.59. The number of aromatic amines is 1. The highest BCUT2D eigenvalue weighted by Crippen LogP contribution is 2.15. The van der Waals surface area contributed by atoms with E-state index < -0.39 is 0 Å². The molecule has 4 aromatic rings. The lowest BCUT2D eigenvalue weighted by atomic mass is 10.2. The first kappa shape index (κ1) is 18.7. The number of hydrogen-bond acceptors (Lipinski definition) is 6. The number of nitrogens with zero attached hydrogens (tertiary/aromatic N) is 5. The molecule has 8 nitrogen and oxygen atoms in total. The van der Waals surface area contributed by atoms with Crippen LogP contribution in [0.15, 0.2) is 59.7 Å². The summed E-state index contributed by atoms with van der Waals surface area (Å²) in [5.41, 5.74) is 2.13. The Balaban J connectivity index is 1.56. The van der Waals surface area contributed by atoms with Crippen LogP contribution in [0.3, 0.4) is 0 Å². The Morgan fingerprint density at radius 3 is 2.55 bits per heavy atom. The fourth-order valence-electron chi connectivity index (χ4n) is 3.20. The van der Waals surface area contributed by atoms with Crippen molar-refractivity contribution in [3.05, 3.63) is 70.8 Å². The van der Waals surface area contributed by atoms with Crippen LogP contribution < -0.4 is 15.8 Å². The van der Waals surface area contributed by atoms with Gasteiger partial charge in [0.2, 0.25) is 5.95 Å². The summed E-state index contributed by atoms with van der Waals surface area (Å²) in [7, 11) is 0. The predicted molar refractivity (Wildman–Crippen MR) is 115 cm³/mol. The monoisotopic (exact) mass is 389 g/mol. The minimum atomic E-state index is -0.227. The fraction of sp³-hybridized carbons (Fsp3) is 0.238. The maximum absolute atomic E-state index is 12.4. The second-order valence-corrected chi connectivity index (χ2v) is 6.59. The Bertz CT molecular complexity index is 1150. The van der Waals surface area contributed by atoms with Crippen molar-refractivity contribution in [1.82, 2.24) is 24.7 Å². The Hall–Kier alpha value is -3.68. The number of fused-ring (bicyclic) bond motifs is 1. The van der Waals surface area contributed by atoms with Crippen LogP contribution in [0, 0.1) is 0 Å². The highest BCUT2D eigenvalue weighted by atomic mass is 16.1. The molecule has 0 bridgehead atoms. The number of aromatic nitrogens is 5. The number of pyridine rings is 1. The molecule has 0 fully saturated rings. The summed E-state index contributed by atoms with van der Waals surface area (Å²) >= 11 is 0. The number of H-pyrrole nitrogens is 1. The quantitative estimate of drug-likeness (QED) is 0.505. The third-order valence-corrected chi connectivity index (χ3v) is 4.80. The summed E-state index contributed by atoms with van der Waals surface area (Å²) in [6.45, 7) is 6.56. The second kappa shape index (κ2) is 8.14. The summed E-state index contributed by atoms with van der Waals surface area (Å²) in [5.74, 6) is 1.35. The number of rotatable bonds is 7. The molecule has 0 saturated heterocycles. The van der Waals surface area contributed by atoms with Crippen molar-refractivity contribution in [3.63, 3.8) is 0 Å². The van der Waals surface area contributed by atoms with E-state index in [-0.39, 0.29) is 5.56 Å². The molecular weight excluding hydrogens is 366 g/mol. The maximum atomic E-state index is 12.4. The molecule has 2 N–H and O–H groups in total. The molecule has 0 aliphatic heterocycles. The number of nitrogens with one attached hydrogen (secondary N) is 2. The standard InChI is InChI=1S/C21H23N7O/c1-3-27(4-2)18-11-10-15(12-22-18)13-23-21-25-19-17(20(29)26-21)14-24-28(19)16-8-6-5-7-9-16/h5-12,14H,3-4,13H2,1-2H3,(H2,23,25,26,29). The van der Waals surface area contributed by atoms with Gasteiger partial charge < -0.3 is 10.2 Å². The summed E-state index contributed by atoms with van der Waals surface area (Å²) in [4.78, 5) is 26.5. The van der Waals surface area contributed by atoms with Gasteiger partial charge in [-0.15, -0.1) is 0 Å². The minimum absolute atomic E-state index is 0.227. The van der Waals surface area contributed by atoms with Crippen LogP contribution in [-0.4, -0.2) is 37.8 Å². The Morgan fingerprint density at radius 2 is 1.86 bits per heavy atom. The summed E-state index contributed by atoms with van der Waals surface area (Å²) in [6.07, 6.45) is 3.37. The van der Waals surface area contributed by atoms with Gasteiger partial charge in [-0.05, 0) is 37.6 Å². The number of anilines is 2. The van der Waals surface area contributed by atoms with Gasteiger partial charge in [-0.2, -0.15) is 10.1 Å². The molecule has 0 amide bonds. The van der Waals surface area contributed by atoms with E-state index in [1.165, 1.54) is 6.20 Å². The van der Waals surface area contributed by atoms with Crippen molar-refractivity contribution >= 4 is 22.8 Å². The molecule has 0 saturated carbocycles. The van der Waals surface area contributed by atoms with Gasteiger partial charge >= 0.3 is 0 Å². The predicted octanol–water partition coefficient (Wildman–Crippen LogP) is 2.96. The zero-order chi connectivity index (χ0) is 20.2. The van der Waals surface area contributed by atoms with E-state index in [4.69, 9.17) is 0 Å². The van der Waals surface area contributed by atoms with E-state index in [2.05, 4.69) is 44.1 Å². The first-order valence-electron chi connectivity index (χ1n) is 9.66. The van der Waals surface area contributed by atoms with Gasteiger partial charge in [0.05, 0.1) is 11.9 Å². The Kier molecular flexibility index (Phi) is 5.24. The molecule has 4 rings (SSSR count). The number of para-hydroxylation sites is 1. The Labute approximate surface area is 168 Å². The Morgan fingerprint density at radius 1 is 1.07 bits per heavy atom. The highest BCUT2D eigenvalue weighted by molar-refractivity contribution is 5.76. The molecule has 8 heteroatoms. The summed E-state index contributed by atoms with van der Waals surface area (Å²) in [5, 5.41) is 7.95. The van der Waals surface area contributed by atoms with E-state index in [1.807, 2.05) is 48.7 Å². The largest absolute Gasteiger partial charge is 0.357 e. The van der Waals surface area contributed by atoms with Gasteiger partial charge in [0.25, 0.3) is 5.56 Å². The van der Waals surface area contributed by atoms with Crippen LogP contribution in [0.2, 0.25) is 0 Å². The maximum Gasteiger partial charge on any atom is 0.263 e. The number of benzene rings is 1. The van der Waals surface area contributed by atoms with Crippen LogP contribution in [0.1, 0.15) is 19.4 Å². The average molecular weight is 389 g/mol. The molecular formula is C21H23N7O.